The lowest BCUT2D eigenvalue weighted by molar-refractivity contribution is -0.305. The van der Waals surface area contributed by atoms with Gasteiger partial charge in [0.2, 0.25) is 0 Å². The standard InChI is InChI=1S/C51H88O9/c1-3-5-7-9-11-13-15-17-19-21-22-23-25-27-29-31-33-35-37-39-41-57-43-45(44-58-51-50(56)49(55)48(54)46(42-52)60-51)59-47(53)40-38-36-34-32-30-28-26-24-20-18-16-14-12-10-8-6-4-2/h6,8,11-14,17-20,26,28,45-46,48-52,54-56H,3-5,7,9-10,15-16,21-25,27,29-44H2,1-2H3/b8-6-,13-11-,14-12-,19-17-,20-18-,28-26-. The Balaban J connectivity index is 2.26. The molecule has 0 radical (unpaired) electrons. The van der Waals surface area contributed by atoms with E-state index < -0.39 is 43.4 Å². The summed E-state index contributed by atoms with van der Waals surface area (Å²) in [5.41, 5.74) is 0. The molecule has 1 heterocycles. The Morgan fingerprint density at radius 2 is 1.02 bits per heavy atom. The molecule has 9 heteroatoms. The summed E-state index contributed by atoms with van der Waals surface area (Å²) >= 11 is 0. The molecule has 0 aromatic heterocycles. The molecule has 0 aromatic carbocycles. The predicted molar refractivity (Wildman–Crippen MR) is 247 cm³/mol. The third kappa shape index (κ3) is 32.4. The molecule has 6 atom stereocenters. The lowest BCUT2D eigenvalue weighted by Gasteiger charge is -2.39. The fourth-order valence-corrected chi connectivity index (χ4v) is 6.87. The van der Waals surface area contributed by atoms with Gasteiger partial charge in [0, 0.05) is 13.0 Å². The number of ether oxygens (including phenoxy) is 4. The van der Waals surface area contributed by atoms with Crippen molar-refractivity contribution in [2.24, 2.45) is 0 Å². The highest BCUT2D eigenvalue weighted by Gasteiger charge is 2.44. The first-order chi connectivity index (χ1) is 29.4. The van der Waals surface area contributed by atoms with Gasteiger partial charge in [-0.3, -0.25) is 4.79 Å². The minimum Gasteiger partial charge on any atom is -0.457 e. The van der Waals surface area contributed by atoms with Gasteiger partial charge in [-0.2, -0.15) is 0 Å². The van der Waals surface area contributed by atoms with E-state index >= 15 is 0 Å². The first kappa shape index (κ1) is 55.6. The predicted octanol–water partition coefficient (Wildman–Crippen LogP) is 11.3. The molecule has 9 nitrogen and oxygen atoms in total. The van der Waals surface area contributed by atoms with Gasteiger partial charge in [0.1, 0.15) is 30.5 Å². The van der Waals surface area contributed by atoms with Crippen molar-refractivity contribution in [1.82, 2.24) is 0 Å². The van der Waals surface area contributed by atoms with E-state index in [-0.39, 0.29) is 25.6 Å². The van der Waals surface area contributed by atoms with Crippen LogP contribution in [-0.4, -0.2) is 89.6 Å². The van der Waals surface area contributed by atoms with Crippen LogP contribution >= 0.6 is 0 Å². The van der Waals surface area contributed by atoms with Crippen molar-refractivity contribution in [2.45, 2.75) is 218 Å². The van der Waals surface area contributed by atoms with E-state index in [9.17, 15) is 25.2 Å². The van der Waals surface area contributed by atoms with Crippen molar-refractivity contribution in [1.29, 1.82) is 0 Å². The summed E-state index contributed by atoms with van der Waals surface area (Å²) in [5.74, 6) is -0.340. The Morgan fingerprint density at radius 3 is 1.53 bits per heavy atom. The highest BCUT2D eigenvalue weighted by Crippen LogP contribution is 2.22. The van der Waals surface area contributed by atoms with Crippen LogP contribution in [0, 0.1) is 0 Å². The number of unbranched alkanes of at least 4 members (excludes halogenated alkanes) is 17. The van der Waals surface area contributed by atoms with Crippen LogP contribution in [0.15, 0.2) is 72.9 Å². The van der Waals surface area contributed by atoms with E-state index in [4.69, 9.17) is 18.9 Å². The lowest BCUT2D eigenvalue weighted by Crippen LogP contribution is -2.59. The van der Waals surface area contributed by atoms with Crippen molar-refractivity contribution in [3.63, 3.8) is 0 Å². The molecule has 1 saturated heterocycles. The Kier molecular flexibility index (Phi) is 38.9. The fraction of sp³-hybridized carbons (Fsp3) is 0.745. The van der Waals surface area contributed by atoms with Gasteiger partial charge in [-0.15, -0.1) is 0 Å². The minimum atomic E-state index is -1.55. The summed E-state index contributed by atoms with van der Waals surface area (Å²) in [7, 11) is 0. The number of rotatable bonds is 40. The van der Waals surface area contributed by atoms with E-state index in [1.807, 2.05) is 0 Å². The molecule has 1 aliphatic heterocycles. The van der Waals surface area contributed by atoms with Gasteiger partial charge >= 0.3 is 5.97 Å². The molecule has 0 bridgehead atoms. The van der Waals surface area contributed by atoms with Crippen LogP contribution in [-0.2, 0) is 23.7 Å². The number of esters is 1. The Bertz CT molecular complexity index is 1140. The van der Waals surface area contributed by atoms with Crippen LogP contribution < -0.4 is 0 Å². The third-order valence-corrected chi connectivity index (χ3v) is 10.6. The number of carbonyl (C=O) groups excluding carboxylic acids is 1. The maximum Gasteiger partial charge on any atom is 0.306 e. The highest BCUT2D eigenvalue weighted by molar-refractivity contribution is 5.69. The number of aliphatic hydroxyl groups is 4. The van der Waals surface area contributed by atoms with Gasteiger partial charge in [0.15, 0.2) is 6.29 Å². The second-order valence-corrected chi connectivity index (χ2v) is 16.2. The van der Waals surface area contributed by atoms with E-state index in [1.165, 1.54) is 83.5 Å². The second kappa shape index (κ2) is 42.0. The Labute approximate surface area is 366 Å². The number of allylic oxidation sites excluding steroid dienone is 12. The molecule has 0 saturated carbocycles. The zero-order valence-electron chi connectivity index (χ0n) is 37.9. The van der Waals surface area contributed by atoms with E-state index in [2.05, 4.69) is 86.8 Å². The second-order valence-electron chi connectivity index (χ2n) is 16.2. The lowest BCUT2D eigenvalue weighted by atomic mass is 9.99. The van der Waals surface area contributed by atoms with Gasteiger partial charge in [-0.25, -0.2) is 0 Å². The number of hydrogen-bond acceptors (Lipinski definition) is 9. The van der Waals surface area contributed by atoms with Crippen LogP contribution in [0.4, 0.5) is 0 Å². The van der Waals surface area contributed by atoms with Crippen LogP contribution in [0.25, 0.3) is 0 Å². The van der Waals surface area contributed by atoms with E-state index in [1.54, 1.807) is 0 Å². The SMILES string of the molecule is CC/C=C\C/C=C\C/C=C\C/C=C\CCCCCCC(=O)OC(COCCCCCCCCCCCC/C=C\C/C=C\CCCCC)COC1OC(CO)C(O)C(O)C1O. The molecule has 346 valence electrons. The van der Waals surface area contributed by atoms with Gasteiger partial charge in [0.25, 0.3) is 0 Å². The number of hydrogen-bond donors (Lipinski definition) is 4. The fourth-order valence-electron chi connectivity index (χ4n) is 6.87. The van der Waals surface area contributed by atoms with E-state index in [0.717, 1.165) is 77.0 Å². The maximum atomic E-state index is 12.8. The summed E-state index contributed by atoms with van der Waals surface area (Å²) in [6, 6.07) is 0. The van der Waals surface area contributed by atoms with Crippen LogP contribution in [0.3, 0.4) is 0 Å². The molecule has 4 N–H and O–H groups in total. The summed E-state index contributed by atoms with van der Waals surface area (Å²) in [4.78, 5) is 12.8. The van der Waals surface area contributed by atoms with Crippen molar-refractivity contribution in [3.05, 3.63) is 72.9 Å². The molecule has 1 aliphatic rings. The first-order valence-electron chi connectivity index (χ1n) is 24.0. The van der Waals surface area contributed by atoms with Gasteiger partial charge < -0.3 is 39.4 Å². The highest BCUT2D eigenvalue weighted by atomic mass is 16.7. The summed E-state index contributed by atoms with van der Waals surface area (Å²) in [5, 5.41) is 40.2. The normalized spacial score (nSPS) is 20.7. The molecule has 1 fully saturated rings. The molecule has 0 aliphatic carbocycles. The Hall–Kier alpha value is -2.37. The smallest absolute Gasteiger partial charge is 0.306 e. The average Bonchev–Trinajstić information content (AvgIpc) is 3.25. The summed E-state index contributed by atoms with van der Waals surface area (Å²) in [6.45, 7) is 4.38. The Morgan fingerprint density at radius 1 is 0.550 bits per heavy atom. The maximum absolute atomic E-state index is 12.8. The van der Waals surface area contributed by atoms with Crippen molar-refractivity contribution >= 4 is 5.97 Å². The van der Waals surface area contributed by atoms with Crippen molar-refractivity contribution < 1.29 is 44.2 Å². The van der Waals surface area contributed by atoms with Crippen LogP contribution in [0.1, 0.15) is 181 Å². The molecular formula is C51H88O9. The van der Waals surface area contributed by atoms with Gasteiger partial charge in [-0.05, 0) is 83.5 Å². The summed E-state index contributed by atoms with van der Waals surface area (Å²) in [6.07, 6.45) is 47.8. The molecule has 1 rings (SSSR count). The van der Waals surface area contributed by atoms with Crippen LogP contribution in [0.2, 0.25) is 0 Å². The third-order valence-electron chi connectivity index (χ3n) is 10.6. The van der Waals surface area contributed by atoms with Gasteiger partial charge in [-0.1, -0.05) is 164 Å². The number of aliphatic hydroxyl groups excluding tert-OH is 4. The van der Waals surface area contributed by atoms with Crippen molar-refractivity contribution in [2.75, 3.05) is 26.4 Å². The molecule has 0 spiro atoms. The first-order valence-corrected chi connectivity index (χ1v) is 24.0. The quantitative estimate of drug-likeness (QED) is 0.0270. The average molecular weight is 845 g/mol. The topological polar surface area (TPSA) is 135 Å². The molecule has 60 heavy (non-hydrogen) atoms. The molecule has 0 aromatic rings. The van der Waals surface area contributed by atoms with Gasteiger partial charge in [0.05, 0.1) is 19.8 Å². The minimum absolute atomic E-state index is 0.128. The molecule has 0 amide bonds. The zero-order chi connectivity index (χ0) is 43.6. The zero-order valence-corrected chi connectivity index (χ0v) is 37.9. The summed E-state index contributed by atoms with van der Waals surface area (Å²) < 4.78 is 22.8. The molecular weight excluding hydrogens is 757 g/mol. The van der Waals surface area contributed by atoms with E-state index in [0.29, 0.717) is 6.61 Å². The number of carbonyl (C=O) groups is 1. The monoisotopic (exact) mass is 845 g/mol. The molecule has 6 unspecified atom stereocenters. The van der Waals surface area contributed by atoms with Crippen LogP contribution in [0.5, 0.6) is 0 Å². The largest absolute Gasteiger partial charge is 0.457 e. The van der Waals surface area contributed by atoms with Crippen molar-refractivity contribution in [3.8, 4) is 0 Å².